The third-order valence-electron chi connectivity index (χ3n) is 6.90. The van der Waals surface area contributed by atoms with Crippen LogP contribution in [0.25, 0.3) is 22.2 Å². The van der Waals surface area contributed by atoms with Gasteiger partial charge < -0.3 is 16.0 Å². The Labute approximate surface area is 223 Å². The van der Waals surface area contributed by atoms with Crippen molar-refractivity contribution in [2.75, 3.05) is 16.0 Å². The fraction of sp³-hybridized carbons (Fsp3) is 0.133. The van der Waals surface area contributed by atoms with Crippen LogP contribution in [0.5, 0.6) is 0 Å². The van der Waals surface area contributed by atoms with Crippen LogP contribution in [0.2, 0.25) is 0 Å². The van der Waals surface area contributed by atoms with Crippen LogP contribution in [0.15, 0.2) is 91.3 Å². The van der Waals surface area contributed by atoms with Crippen molar-refractivity contribution in [1.82, 2.24) is 14.8 Å². The van der Waals surface area contributed by atoms with E-state index in [-0.39, 0.29) is 11.8 Å². The Hall–Kier alpha value is -5.05. The molecule has 2 amide bonds. The van der Waals surface area contributed by atoms with Gasteiger partial charge in [0.1, 0.15) is 11.2 Å². The van der Waals surface area contributed by atoms with Crippen molar-refractivity contribution in [3.05, 3.63) is 97.1 Å². The predicted molar refractivity (Wildman–Crippen MR) is 149 cm³/mol. The second kappa shape index (κ2) is 9.68. The fourth-order valence-corrected chi connectivity index (χ4v) is 4.49. The van der Waals surface area contributed by atoms with E-state index >= 15 is 0 Å². The van der Waals surface area contributed by atoms with Crippen molar-refractivity contribution in [3.8, 4) is 11.3 Å². The molecule has 3 N–H and O–H groups in total. The number of carbonyl (C=O) groups is 2. The van der Waals surface area contributed by atoms with Crippen LogP contribution in [-0.2, 0) is 16.6 Å². The summed E-state index contributed by atoms with van der Waals surface area (Å²) in [6.45, 7) is 0. The van der Waals surface area contributed by atoms with Crippen molar-refractivity contribution < 1.29 is 14.0 Å². The number of rotatable bonds is 7. The van der Waals surface area contributed by atoms with Gasteiger partial charge in [0.15, 0.2) is 0 Å². The van der Waals surface area contributed by atoms with Gasteiger partial charge in [-0.2, -0.15) is 5.10 Å². The number of benzene rings is 3. The summed E-state index contributed by atoms with van der Waals surface area (Å²) in [5.74, 6) is -1.14. The highest BCUT2D eigenvalue weighted by molar-refractivity contribution is 6.17. The predicted octanol–water partition coefficient (Wildman–Crippen LogP) is 5.88. The SMILES string of the molecule is Cn1ccc(-c2ccc3c(Nc4ccc(NC(=O)C5(C(=O)Nc6ccc(F)cc6)CC5)cc4)ccnc3c2)n1. The molecular formula is C30H25FN6O2. The minimum Gasteiger partial charge on any atom is -0.355 e. The third-order valence-corrected chi connectivity index (χ3v) is 6.90. The summed E-state index contributed by atoms with van der Waals surface area (Å²) in [7, 11) is 1.89. The van der Waals surface area contributed by atoms with E-state index in [2.05, 4.69) is 26.0 Å². The van der Waals surface area contributed by atoms with E-state index < -0.39 is 11.2 Å². The summed E-state index contributed by atoms with van der Waals surface area (Å²) in [5.41, 5.74) is 4.39. The Balaban J connectivity index is 1.13. The minimum absolute atomic E-state index is 0.355. The number of pyridine rings is 1. The summed E-state index contributed by atoms with van der Waals surface area (Å²) in [6, 6.07) is 22.7. The molecule has 0 unspecified atom stereocenters. The van der Waals surface area contributed by atoms with Gasteiger partial charge in [0.2, 0.25) is 11.8 Å². The summed E-state index contributed by atoms with van der Waals surface area (Å²) in [6.07, 6.45) is 4.59. The minimum atomic E-state index is -1.12. The first-order valence-electron chi connectivity index (χ1n) is 12.5. The molecule has 2 aromatic heterocycles. The Morgan fingerprint density at radius 1 is 0.846 bits per heavy atom. The number of hydrogen-bond acceptors (Lipinski definition) is 5. The van der Waals surface area contributed by atoms with Crippen LogP contribution in [0, 0.1) is 11.2 Å². The lowest BCUT2D eigenvalue weighted by molar-refractivity contribution is -0.131. The molecule has 0 radical (unpaired) electrons. The first kappa shape index (κ1) is 24.3. The van der Waals surface area contributed by atoms with Gasteiger partial charge in [-0.1, -0.05) is 12.1 Å². The van der Waals surface area contributed by atoms with Crippen LogP contribution in [0.1, 0.15) is 12.8 Å². The molecule has 0 bridgehead atoms. The van der Waals surface area contributed by atoms with E-state index in [0.717, 1.165) is 33.5 Å². The lowest BCUT2D eigenvalue weighted by Crippen LogP contribution is -2.35. The molecule has 194 valence electrons. The number of aromatic nitrogens is 3. The maximum absolute atomic E-state index is 13.1. The molecule has 0 saturated heterocycles. The van der Waals surface area contributed by atoms with Crippen LogP contribution < -0.4 is 16.0 Å². The zero-order valence-corrected chi connectivity index (χ0v) is 21.1. The number of carbonyl (C=O) groups excluding carboxylic acids is 2. The number of nitrogens with one attached hydrogen (secondary N) is 3. The number of amides is 2. The largest absolute Gasteiger partial charge is 0.355 e. The number of nitrogens with zero attached hydrogens (tertiary/aromatic N) is 3. The molecule has 0 atom stereocenters. The van der Waals surface area contributed by atoms with Gasteiger partial charge in [0.05, 0.1) is 11.2 Å². The molecule has 5 aromatic rings. The molecule has 3 aromatic carbocycles. The molecule has 9 heteroatoms. The van der Waals surface area contributed by atoms with Gasteiger partial charge in [0, 0.05) is 53.1 Å². The molecule has 6 rings (SSSR count). The van der Waals surface area contributed by atoms with Gasteiger partial charge in [-0.25, -0.2) is 4.39 Å². The zero-order chi connectivity index (χ0) is 27.0. The molecule has 1 aliphatic carbocycles. The number of anilines is 4. The summed E-state index contributed by atoms with van der Waals surface area (Å²) in [5, 5.41) is 14.4. The van der Waals surface area contributed by atoms with Gasteiger partial charge in [-0.05, 0) is 79.6 Å². The Morgan fingerprint density at radius 3 is 2.10 bits per heavy atom. The lowest BCUT2D eigenvalue weighted by atomic mass is 10.0. The van der Waals surface area contributed by atoms with Gasteiger partial charge in [0.25, 0.3) is 0 Å². The molecule has 2 heterocycles. The Kier molecular flexibility index (Phi) is 6.03. The molecule has 0 spiro atoms. The van der Waals surface area contributed by atoms with Crippen molar-refractivity contribution in [2.24, 2.45) is 12.5 Å². The highest BCUT2D eigenvalue weighted by Gasteiger charge is 2.56. The molecule has 39 heavy (non-hydrogen) atoms. The fourth-order valence-electron chi connectivity index (χ4n) is 4.49. The van der Waals surface area contributed by atoms with Gasteiger partial charge in [-0.3, -0.25) is 19.3 Å². The average molecular weight is 521 g/mol. The van der Waals surface area contributed by atoms with E-state index in [1.807, 2.05) is 55.7 Å². The number of hydrogen-bond donors (Lipinski definition) is 3. The number of halogens is 1. The Bertz CT molecular complexity index is 1690. The number of fused-ring (bicyclic) bond motifs is 1. The smallest absolute Gasteiger partial charge is 0.240 e. The normalized spacial score (nSPS) is 13.6. The third kappa shape index (κ3) is 4.94. The summed E-state index contributed by atoms with van der Waals surface area (Å²) >= 11 is 0. The van der Waals surface area contributed by atoms with Crippen LogP contribution in [0.4, 0.5) is 27.1 Å². The van der Waals surface area contributed by atoms with E-state index in [0.29, 0.717) is 24.2 Å². The molecule has 1 fully saturated rings. The zero-order valence-electron chi connectivity index (χ0n) is 21.1. The van der Waals surface area contributed by atoms with Crippen molar-refractivity contribution in [3.63, 3.8) is 0 Å². The molecule has 1 saturated carbocycles. The number of aryl methyl sites for hydroxylation is 1. The van der Waals surface area contributed by atoms with Gasteiger partial charge in [-0.15, -0.1) is 0 Å². The van der Waals surface area contributed by atoms with Crippen molar-refractivity contribution >= 4 is 45.5 Å². The maximum Gasteiger partial charge on any atom is 0.240 e. The van der Waals surface area contributed by atoms with Crippen molar-refractivity contribution in [2.45, 2.75) is 12.8 Å². The summed E-state index contributed by atoms with van der Waals surface area (Å²) in [4.78, 5) is 30.3. The van der Waals surface area contributed by atoms with E-state index in [4.69, 9.17) is 0 Å². The molecule has 8 nitrogen and oxygen atoms in total. The molecule has 0 aliphatic heterocycles. The first-order chi connectivity index (χ1) is 18.9. The van der Waals surface area contributed by atoms with Crippen LogP contribution in [-0.4, -0.2) is 26.6 Å². The second-order valence-electron chi connectivity index (χ2n) is 9.66. The van der Waals surface area contributed by atoms with E-state index in [9.17, 15) is 14.0 Å². The summed E-state index contributed by atoms with van der Waals surface area (Å²) < 4.78 is 14.9. The standard InChI is InChI=1S/C30H25FN6O2/c1-37-17-13-25(36-37)19-2-11-24-26(12-16-32-27(24)18-19)33-21-7-9-23(10-8-21)35-29(39)30(14-15-30)28(38)34-22-5-3-20(31)4-6-22/h2-13,16-18H,14-15H2,1H3,(H,32,33)(H,34,38)(H,35,39). The van der Waals surface area contributed by atoms with Crippen molar-refractivity contribution in [1.29, 1.82) is 0 Å². The van der Waals surface area contributed by atoms with Crippen LogP contribution >= 0.6 is 0 Å². The highest BCUT2D eigenvalue weighted by atomic mass is 19.1. The maximum atomic E-state index is 13.1. The topological polar surface area (TPSA) is 101 Å². The first-order valence-corrected chi connectivity index (χ1v) is 12.5. The molecular weight excluding hydrogens is 495 g/mol. The molecule has 1 aliphatic rings. The second-order valence-corrected chi connectivity index (χ2v) is 9.66. The highest BCUT2D eigenvalue weighted by Crippen LogP contribution is 2.47. The Morgan fingerprint density at radius 2 is 1.49 bits per heavy atom. The van der Waals surface area contributed by atoms with E-state index in [1.54, 1.807) is 23.0 Å². The average Bonchev–Trinajstić information content (AvgIpc) is 3.65. The van der Waals surface area contributed by atoms with Crippen LogP contribution in [0.3, 0.4) is 0 Å². The van der Waals surface area contributed by atoms with E-state index in [1.165, 1.54) is 24.3 Å². The lowest BCUT2D eigenvalue weighted by Gasteiger charge is -2.16. The van der Waals surface area contributed by atoms with Gasteiger partial charge >= 0.3 is 0 Å². The quantitative estimate of drug-likeness (QED) is 0.233. The monoisotopic (exact) mass is 520 g/mol.